The highest BCUT2D eigenvalue weighted by atomic mass is 32.2. The lowest BCUT2D eigenvalue weighted by atomic mass is 10.2. The SMILES string of the molecule is CCc1nc(CCN[C@H]2CCSC2)cs1. The van der Waals surface area contributed by atoms with Crippen LogP contribution < -0.4 is 5.32 Å². The van der Waals surface area contributed by atoms with Crippen LogP contribution in [0.4, 0.5) is 0 Å². The largest absolute Gasteiger partial charge is 0.313 e. The van der Waals surface area contributed by atoms with E-state index in [2.05, 4.69) is 34.4 Å². The van der Waals surface area contributed by atoms with Gasteiger partial charge in [-0.3, -0.25) is 0 Å². The molecule has 0 amide bonds. The summed E-state index contributed by atoms with van der Waals surface area (Å²) in [5.74, 6) is 2.62. The van der Waals surface area contributed by atoms with Crippen molar-refractivity contribution in [2.24, 2.45) is 0 Å². The lowest BCUT2D eigenvalue weighted by molar-refractivity contribution is 0.558. The van der Waals surface area contributed by atoms with Crippen LogP contribution in [-0.4, -0.2) is 29.1 Å². The standard InChI is InChI=1S/C11H18N2S2/c1-2-11-13-10(8-15-11)3-5-12-9-4-6-14-7-9/h8-9,12H,2-7H2,1H3/t9-/m0/s1. The minimum absolute atomic E-state index is 0.749. The Bertz CT molecular complexity index is 293. The average Bonchev–Trinajstić information content (AvgIpc) is 2.88. The zero-order valence-corrected chi connectivity index (χ0v) is 10.8. The lowest BCUT2D eigenvalue weighted by Crippen LogP contribution is -2.30. The van der Waals surface area contributed by atoms with Crippen LogP contribution in [0.5, 0.6) is 0 Å². The summed E-state index contributed by atoms with van der Waals surface area (Å²) in [5, 5.41) is 7.06. The zero-order valence-electron chi connectivity index (χ0n) is 9.16. The van der Waals surface area contributed by atoms with E-state index in [1.807, 2.05) is 0 Å². The number of hydrogen-bond acceptors (Lipinski definition) is 4. The van der Waals surface area contributed by atoms with Gasteiger partial charge in [-0.15, -0.1) is 11.3 Å². The molecule has 0 unspecified atom stereocenters. The van der Waals surface area contributed by atoms with E-state index in [-0.39, 0.29) is 0 Å². The van der Waals surface area contributed by atoms with Gasteiger partial charge in [-0.25, -0.2) is 4.98 Å². The van der Waals surface area contributed by atoms with Gasteiger partial charge in [-0.2, -0.15) is 11.8 Å². The van der Waals surface area contributed by atoms with E-state index >= 15 is 0 Å². The van der Waals surface area contributed by atoms with Crippen LogP contribution in [0, 0.1) is 0 Å². The van der Waals surface area contributed by atoms with E-state index in [1.54, 1.807) is 11.3 Å². The number of nitrogens with one attached hydrogen (secondary N) is 1. The molecule has 2 rings (SSSR count). The van der Waals surface area contributed by atoms with E-state index < -0.39 is 0 Å². The van der Waals surface area contributed by atoms with Gasteiger partial charge >= 0.3 is 0 Å². The van der Waals surface area contributed by atoms with Gasteiger partial charge in [0, 0.05) is 30.1 Å². The molecule has 2 nitrogen and oxygen atoms in total. The smallest absolute Gasteiger partial charge is 0.0925 e. The molecule has 1 aromatic heterocycles. The van der Waals surface area contributed by atoms with Crippen LogP contribution in [-0.2, 0) is 12.8 Å². The van der Waals surface area contributed by atoms with E-state index in [4.69, 9.17) is 0 Å². The Hall–Kier alpha value is -0.0600. The summed E-state index contributed by atoms with van der Waals surface area (Å²) < 4.78 is 0. The summed E-state index contributed by atoms with van der Waals surface area (Å²) in [6.07, 6.45) is 3.48. The molecule has 4 heteroatoms. The number of hydrogen-bond donors (Lipinski definition) is 1. The second-order valence-corrected chi connectivity index (χ2v) is 5.94. The van der Waals surface area contributed by atoms with Gasteiger partial charge in [-0.1, -0.05) is 6.92 Å². The van der Waals surface area contributed by atoms with Crippen LogP contribution >= 0.6 is 23.1 Å². The van der Waals surface area contributed by atoms with Crippen molar-refractivity contribution in [1.29, 1.82) is 0 Å². The predicted molar refractivity (Wildman–Crippen MR) is 68.9 cm³/mol. The lowest BCUT2D eigenvalue weighted by Gasteiger charge is -2.09. The first kappa shape index (κ1) is 11.4. The molecule has 1 aliphatic rings. The molecule has 0 saturated carbocycles. The summed E-state index contributed by atoms with van der Waals surface area (Å²) in [7, 11) is 0. The molecule has 1 fully saturated rings. The number of thioether (sulfide) groups is 1. The van der Waals surface area contributed by atoms with Crippen molar-refractivity contribution in [3.63, 3.8) is 0 Å². The molecule has 0 aliphatic carbocycles. The third-order valence-corrected chi connectivity index (χ3v) is 4.85. The molecule has 15 heavy (non-hydrogen) atoms. The topological polar surface area (TPSA) is 24.9 Å². The molecule has 0 spiro atoms. The maximum atomic E-state index is 4.57. The summed E-state index contributed by atoms with van der Waals surface area (Å²) in [6, 6.07) is 0.749. The Kier molecular flexibility index (Phi) is 4.47. The number of rotatable bonds is 5. The van der Waals surface area contributed by atoms with Crippen LogP contribution in [0.15, 0.2) is 5.38 Å². The average molecular weight is 242 g/mol. The van der Waals surface area contributed by atoms with Crippen molar-refractivity contribution < 1.29 is 0 Å². The Balaban J connectivity index is 1.68. The monoisotopic (exact) mass is 242 g/mol. The number of thiazole rings is 1. The van der Waals surface area contributed by atoms with Crippen molar-refractivity contribution >= 4 is 23.1 Å². The van der Waals surface area contributed by atoms with E-state index in [0.717, 1.165) is 25.4 Å². The second-order valence-electron chi connectivity index (χ2n) is 3.85. The molecule has 1 aliphatic heterocycles. The Morgan fingerprint density at radius 1 is 1.60 bits per heavy atom. The fraction of sp³-hybridized carbons (Fsp3) is 0.727. The van der Waals surface area contributed by atoms with Gasteiger partial charge in [0.2, 0.25) is 0 Å². The van der Waals surface area contributed by atoms with Gasteiger partial charge in [0.1, 0.15) is 0 Å². The highest BCUT2D eigenvalue weighted by Crippen LogP contribution is 2.17. The summed E-state index contributed by atoms with van der Waals surface area (Å²) in [5.41, 5.74) is 1.26. The molecule has 1 N–H and O–H groups in total. The van der Waals surface area contributed by atoms with Crippen molar-refractivity contribution in [3.8, 4) is 0 Å². The van der Waals surface area contributed by atoms with Gasteiger partial charge in [-0.05, 0) is 18.6 Å². The van der Waals surface area contributed by atoms with E-state index in [0.29, 0.717) is 0 Å². The Morgan fingerprint density at radius 2 is 2.53 bits per heavy atom. The third kappa shape index (κ3) is 3.47. The van der Waals surface area contributed by atoms with Crippen molar-refractivity contribution in [2.45, 2.75) is 32.2 Å². The molecule has 1 aromatic rings. The van der Waals surface area contributed by atoms with Crippen LogP contribution in [0.25, 0.3) is 0 Å². The zero-order chi connectivity index (χ0) is 10.5. The molecule has 0 aromatic carbocycles. The molecular weight excluding hydrogens is 224 g/mol. The van der Waals surface area contributed by atoms with Gasteiger partial charge in [0.05, 0.1) is 10.7 Å². The van der Waals surface area contributed by atoms with Gasteiger partial charge in [0.25, 0.3) is 0 Å². The molecular formula is C11H18N2S2. The highest BCUT2D eigenvalue weighted by molar-refractivity contribution is 7.99. The quantitative estimate of drug-likeness (QED) is 0.858. The predicted octanol–water partition coefficient (Wildman–Crippen LogP) is 2.34. The molecule has 0 bridgehead atoms. The Morgan fingerprint density at radius 3 is 3.20 bits per heavy atom. The molecule has 1 saturated heterocycles. The minimum atomic E-state index is 0.749. The summed E-state index contributed by atoms with van der Waals surface area (Å²) in [4.78, 5) is 4.57. The van der Waals surface area contributed by atoms with Crippen LogP contribution in [0.2, 0.25) is 0 Å². The molecule has 84 valence electrons. The van der Waals surface area contributed by atoms with Gasteiger partial charge < -0.3 is 5.32 Å². The van der Waals surface area contributed by atoms with Crippen LogP contribution in [0.1, 0.15) is 24.0 Å². The first-order valence-electron chi connectivity index (χ1n) is 5.63. The highest BCUT2D eigenvalue weighted by Gasteiger charge is 2.14. The maximum absolute atomic E-state index is 4.57. The maximum Gasteiger partial charge on any atom is 0.0925 e. The minimum Gasteiger partial charge on any atom is -0.313 e. The fourth-order valence-corrected chi connectivity index (χ4v) is 3.69. The number of aromatic nitrogens is 1. The van der Waals surface area contributed by atoms with Crippen LogP contribution in [0.3, 0.4) is 0 Å². The second kappa shape index (κ2) is 5.87. The Labute approximate surface area is 99.9 Å². The fourth-order valence-electron chi connectivity index (χ4n) is 1.73. The summed E-state index contributed by atoms with van der Waals surface area (Å²) >= 11 is 3.85. The molecule has 0 radical (unpaired) electrons. The number of aryl methyl sites for hydroxylation is 1. The van der Waals surface area contributed by atoms with E-state index in [1.165, 1.54) is 28.6 Å². The van der Waals surface area contributed by atoms with Crippen molar-refractivity contribution in [2.75, 3.05) is 18.1 Å². The third-order valence-electron chi connectivity index (χ3n) is 2.65. The summed E-state index contributed by atoms with van der Waals surface area (Å²) in [6.45, 7) is 3.24. The van der Waals surface area contributed by atoms with Crippen molar-refractivity contribution in [1.82, 2.24) is 10.3 Å². The first-order valence-corrected chi connectivity index (χ1v) is 7.66. The van der Waals surface area contributed by atoms with Gasteiger partial charge in [0.15, 0.2) is 0 Å². The van der Waals surface area contributed by atoms with Crippen molar-refractivity contribution in [3.05, 3.63) is 16.1 Å². The first-order chi connectivity index (χ1) is 7.38. The molecule has 1 atom stereocenters. The number of nitrogens with zero attached hydrogens (tertiary/aromatic N) is 1. The normalized spacial score (nSPS) is 21.0. The molecule has 2 heterocycles. The van der Waals surface area contributed by atoms with E-state index in [9.17, 15) is 0 Å².